The summed E-state index contributed by atoms with van der Waals surface area (Å²) in [7, 11) is -7.09. The summed E-state index contributed by atoms with van der Waals surface area (Å²) in [6, 6.07) is 57.1. The van der Waals surface area contributed by atoms with Crippen molar-refractivity contribution in [2.75, 3.05) is 0 Å². The summed E-state index contributed by atoms with van der Waals surface area (Å²) in [6.07, 6.45) is 0. The van der Waals surface area contributed by atoms with Crippen LogP contribution in [-0.4, -0.2) is 28.2 Å². The van der Waals surface area contributed by atoms with Gasteiger partial charge in [0.05, 0.1) is 0 Å². The number of benzene rings is 6. The van der Waals surface area contributed by atoms with Crippen molar-refractivity contribution in [3.8, 4) is 0 Å². The molecule has 0 aromatic heterocycles. The van der Waals surface area contributed by atoms with Crippen molar-refractivity contribution in [1.29, 1.82) is 0 Å². The second kappa shape index (κ2) is 13.0. The first-order valence-electron chi connectivity index (χ1n) is 15.1. The predicted octanol–water partition coefficient (Wildman–Crippen LogP) is 4.74. The van der Waals surface area contributed by atoms with Gasteiger partial charge in [0.15, 0.2) is 11.6 Å². The molecule has 0 radical (unpaired) electrons. The molecule has 0 aliphatic rings. The van der Waals surface area contributed by atoms with Crippen LogP contribution in [0.1, 0.15) is 34.6 Å². The van der Waals surface area contributed by atoms with Gasteiger partial charge in [-0.1, -0.05) is 170 Å². The lowest BCUT2D eigenvalue weighted by Crippen LogP contribution is -2.81. The van der Waals surface area contributed by atoms with Crippen LogP contribution in [0.25, 0.3) is 0 Å². The van der Waals surface area contributed by atoms with Crippen molar-refractivity contribution < 1.29 is 13.7 Å². The van der Waals surface area contributed by atoms with Crippen molar-refractivity contribution in [2.24, 2.45) is 0 Å². The van der Waals surface area contributed by atoms with Gasteiger partial charge in [0, 0.05) is 11.1 Å². The molecule has 0 spiro atoms. The molecule has 0 N–H and O–H groups in total. The number of hydrogen-bond acceptors (Lipinski definition) is 3. The fraction of sp³-hybridized carbons (Fsp3) is 0.0500. The van der Waals surface area contributed by atoms with E-state index in [1.54, 1.807) is 13.8 Å². The molecular weight excluding hydrogens is 585 g/mol. The van der Waals surface area contributed by atoms with Crippen molar-refractivity contribution in [3.05, 3.63) is 181 Å². The maximum atomic E-state index is 13.4. The van der Waals surface area contributed by atoms with Gasteiger partial charge >= 0.3 is 0 Å². The van der Waals surface area contributed by atoms with Crippen LogP contribution < -0.4 is 31.1 Å². The van der Waals surface area contributed by atoms with E-state index in [0.717, 1.165) is 31.1 Å². The summed E-state index contributed by atoms with van der Waals surface area (Å²) in [6.45, 7) is 3.25. The van der Waals surface area contributed by atoms with Gasteiger partial charge in [-0.15, -0.1) is 0 Å². The Bertz CT molecular complexity index is 1700. The highest BCUT2D eigenvalue weighted by Crippen LogP contribution is 2.22. The van der Waals surface area contributed by atoms with E-state index >= 15 is 0 Å². The lowest BCUT2D eigenvalue weighted by Gasteiger charge is -2.44. The van der Waals surface area contributed by atoms with Crippen LogP contribution >= 0.6 is 0 Å². The third-order valence-corrected chi connectivity index (χ3v) is 17.8. The Morgan fingerprint density at radius 2 is 0.622 bits per heavy atom. The zero-order valence-electron chi connectivity index (χ0n) is 25.4. The molecule has 0 atom stereocenters. The summed E-state index contributed by atoms with van der Waals surface area (Å²) >= 11 is 0. The number of carbonyl (C=O) groups excluding carboxylic acids is 2. The molecule has 0 fully saturated rings. The van der Waals surface area contributed by atoms with Crippen LogP contribution in [0.4, 0.5) is 0 Å². The molecule has 5 heteroatoms. The van der Waals surface area contributed by atoms with Crippen molar-refractivity contribution in [3.63, 3.8) is 0 Å². The van der Waals surface area contributed by atoms with E-state index in [0.29, 0.717) is 11.1 Å². The van der Waals surface area contributed by atoms with Gasteiger partial charge in [-0.25, -0.2) is 0 Å². The van der Waals surface area contributed by atoms with Crippen LogP contribution in [0.15, 0.2) is 170 Å². The molecule has 0 aliphatic carbocycles. The van der Waals surface area contributed by atoms with Crippen LogP contribution in [-0.2, 0) is 4.12 Å². The third-order valence-electron chi connectivity index (χ3n) is 8.40. The molecule has 6 aromatic rings. The average molecular weight is 619 g/mol. The Kier molecular flexibility index (Phi) is 8.67. The predicted molar refractivity (Wildman–Crippen MR) is 189 cm³/mol. The Labute approximate surface area is 267 Å². The zero-order chi connectivity index (χ0) is 31.3. The maximum absolute atomic E-state index is 13.4. The molecule has 0 aliphatic heterocycles. The standard InChI is InChI=1S/C40H34O3Si2/c1-31(41)37-27-15-17-29-39(37)44(33-19-7-3-8-20-33,34-21-9-4-10-22-34)43-45(35-23-11-5-12-24-35,36-25-13-6-14-26-36)40-30-18-16-28-38(40)32(2)42/h3-30H,1-2H3. The van der Waals surface area contributed by atoms with Crippen molar-refractivity contribution >= 4 is 59.3 Å². The largest absolute Gasteiger partial charge is 0.435 e. The fourth-order valence-corrected chi connectivity index (χ4v) is 17.5. The molecule has 6 rings (SSSR count). The van der Waals surface area contributed by atoms with Crippen molar-refractivity contribution in [2.45, 2.75) is 13.8 Å². The molecule has 3 nitrogen and oxygen atoms in total. The van der Waals surface area contributed by atoms with Gasteiger partial charge in [-0.3, -0.25) is 9.59 Å². The fourth-order valence-electron chi connectivity index (χ4n) is 6.42. The molecule has 6 aromatic carbocycles. The Morgan fingerprint density at radius 1 is 0.378 bits per heavy atom. The molecule has 0 amide bonds. The first kappa shape index (κ1) is 30.1. The van der Waals surface area contributed by atoms with E-state index in [-0.39, 0.29) is 11.6 Å². The van der Waals surface area contributed by atoms with Gasteiger partial charge in [0.1, 0.15) is 0 Å². The summed E-state index contributed by atoms with van der Waals surface area (Å²) in [5.41, 5.74) is 1.28. The first-order chi connectivity index (χ1) is 22.0. The zero-order valence-corrected chi connectivity index (χ0v) is 27.4. The molecule has 0 saturated carbocycles. The van der Waals surface area contributed by atoms with E-state index < -0.39 is 16.6 Å². The molecule has 220 valence electrons. The maximum Gasteiger partial charge on any atom is 0.279 e. The molecule has 0 saturated heterocycles. The lowest BCUT2D eigenvalue weighted by atomic mass is 10.1. The second-order valence-electron chi connectivity index (χ2n) is 11.1. The van der Waals surface area contributed by atoms with Gasteiger partial charge in [0.2, 0.25) is 0 Å². The Balaban J connectivity index is 1.85. The number of carbonyl (C=O) groups is 2. The number of hydrogen-bond donors (Lipinski definition) is 0. The second-order valence-corrected chi connectivity index (χ2v) is 18.1. The number of rotatable bonds is 10. The topological polar surface area (TPSA) is 43.4 Å². The summed E-state index contributed by atoms with van der Waals surface area (Å²) < 4.78 is 8.30. The highest BCUT2D eigenvalue weighted by atomic mass is 28.4. The summed E-state index contributed by atoms with van der Waals surface area (Å²) in [5, 5.41) is 5.86. The number of ketones is 2. The minimum Gasteiger partial charge on any atom is -0.435 e. The summed E-state index contributed by atoms with van der Waals surface area (Å²) in [4.78, 5) is 26.9. The lowest BCUT2D eigenvalue weighted by molar-refractivity contribution is 0.101. The van der Waals surface area contributed by atoms with Gasteiger partial charge < -0.3 is 4.12 Å². The summed E-state index contributed by atoms with van der Waals surface area (Å²) in [5.74, 6) is -0.0393. The van der Waals surface area contributed by atoms with E-state index in [9.17, 15) is 9.59 Å². The van der Waals surface area contributed by atoms with E-state index in [1.807, 2.05) is 109 Å². The Morgan fingerprint density at radius 3 is 0.889 bits per heavy atom. The van der Waals surface area contributed by atoms with Crippen LogP contribution in [0.2, 0.25) is 0 Å². The van der Waals surface area contributed by atoms with Crippen molar-refractivity contribution in [1.82, 2.24) is 0 Å². The molecule has 0 heterocycles. The highest BCUT2D eigenvalue weighted by Gasteiger charge is 2.54. The average Bonchev–Trinajstić information content (AvgIpc) is 3.11. The SMILES string of the molecule is CC(=O)c1ccccc1[Si](O[Si](c1ccccc1)(c1ccccc1)c1ccccc1C(C)=O)(c1ccccc1)c1ccccc1. The van der Waals surface area contributed by atoms with Gasteiger partial charge in [0.25, 0.3) is 16.6 Å². The molecular formula is C40H34O3Si2. The smallest absolute Gasteiger partial charge is 0.279 e. The van der Waals surface area contributed by atoms with Crippen LogP contribution in [0.3, 0.4) is 0 Å². The molecule has 0 unspecified atom stereocenters. The van der Waals surface area contributed by atoms with E-state index in [1.165, 1.54) is 0 Å². The Hall–Kier alpha value is -4.95. The number of Topliss-reactive ketones (excluding diaryl/α,β-unsaturated/α-hetero) is 2. The quantitative estimate of drug-likeness (QED) is 0.127. The van der Waals surface area contributed by atoms with Gasteiger partial charge in [-0.05, 0) is 45.0 Å². The normalized spacial score (nSPS) is 11.6. The first-order valence-corrected chi connectivity index (χ1v) is 18.9. The minimum absolute atomic E-state index is 0.0197. The minimum atomic E-state index is -3.54. The molecule has 0 bridgehead atoms. The monoisotopic (exact) mass is 618 g/mol. The van der Waals surface area contributed by atoms with E-state index in [4.69, 9.17) is 4.12 Å². The van der Waals surface area contributed by atoms with Crippen LogP contribution in [0, 0.1) is 0 Å². The van der Waals surface area contributed by atoms with Gasteiger partial charge in [-0.2, -0.15) is 0 Å². The highest BCUT2D eigenvalue weighted by molar-refractivity contribution is 7.18. The van der Waals surface area contributed by atoms with E-state index in [2.05, 4.69) is 60.7 Å². The third kappa shape index (κ3) is 5.46. The molecule has 45 heavy (non-hydrogen) atoms. The van der Waals surface area contributed by atoms with Crippen LogP contribution in [0.5, 0.6) is 0 Å².